The molecule has 8 nitrogen and oxygen atoms in total. The topological polar surface area (TPSA) is 91.1 Å². The molecule has 2 aliphatic rings. The van der Waals surface area contributed by atoms with E-state index in [9.17, 15) is 13.0 Å². The number of hydrogen-bond acceptors (Lipinski definition) is 8. The van der Waals surface area contributed by atoms with Gasteiger partial charge in [-0.1, -0.05) is 134 Å². The summed E-state index contributed by atoms with van der Waals surface area (Å²) in [5.74, 6) is 0.433. The Kier molecular flexibility index (Phi) is 17.4. The molecule has 2 heterocycles. The minimum absolute atomic E-state index is 0. The van der Waals surface area contributed by atoms with E-state index in [0.29, 0.717) is 19.4 Å². The van der Waals surface area contributed by atoms with Gasteiger partial charge in [0.15, 0.2) is 5.71 Å². The van der Waals surface area contributed by atoms with Crippen molar-refractivity contribution in [2.75, 3.05) is 36.6 Å². The Morgan fingerprint density at radius 2 is 1.36 bits per heavy atom. The molecule has 4 aromatic carbocycles. The van der Waals surface area contributed by atoms with Gasteiger partial charge in [-0.15, -0.1) is 4.33 Å². The molecule has 4 aromatic rings. The Labute approximate surface area is 398 Å². The van der Waals surface area contributed by atoms with Gasteiger partial charge in [0.25, 0.3) is 0 Å². The molecule has 0 aromatic heterocycles. The van der Waals surface area contributed by atoms with Gasteiger partial charge in [0, 0.05) is 71.0 Å². The van der Waals surface area contributed by atoms with Crippen LogP contribution in [0.25, 0.3) is 22.3 Å². The smallest absolute Gasteiger partial charge is 0.748 e. The maximum absolute atomic E-state index is 11.4. The molecule has 0 saturated carbocycles. The molecule has 0 saturated heterocycles. The third-order valence-electron chi connectivity index (χ3n) is 11.0. The summed E-state index contributed by atoms with van der Waals surface area (Å²) in [5, 5.41) is 4.53. The summed E-state index contributed by atoms with van der Waals surface area (Å²) in [6.07, 6.45) is 17.6. The molecule has 0 amide bonds. The van der Waals surface area contributed by atoms with E-state index >= 15 is 0 Å². The van der Waals surface area contributed by atoms with Crippen molar-refractivity contribution in [1.29, 1.82) is 0 Å². The van der Waals surface area contributed by atoms with Crippen LogP contribution in [0.3, 0.4) is 0 Å². The van der Waals surface area contributed by atoms with Gasteiger partial charge in [0.1, 0.15) is 6.54 Å². The second-order valence-corrected chi connectivity index (χ2v) is 17.9. The maximum atomic E-state index is 11.4. The summed E-state index contributed by atoms with van der Waals surface area (Å²) in [6, 6.07) is 34.3. The molecular weight excluding hydrogens is 804 g/mol. The van der Waals surface area contributed by atoms with Crippen molar-refractivity contribution in [3.63, 3.8) is 0 Å². The van der Waals surface area contributed by atoms with Gasteiger partial charge in [-0.2, -0.15) is 4.58 Å². The first-order valence-electron chi connectivity index (χ1n) is 19.9. The normalized spacial score (nSPS) is 16.4. The van der Waals surface area contributed by atoms with Gasteiger partial charge >= 0.3 is 51.4 Å². The summed E-state index contributed by atoms with van der Waals surface area (Å²) in [6.45, 7) is 10.5. The van der Waals surface area contributed by atoms with E-state index in [2.05, 4.69) is 150 Å². The van der Waals surface area contributed by atoms with Crippen molar-refractivity contribution >= 4 is 39.2 Å². The number of nitrogens with zero attached hydrogens (tertiary/aromatic N) is 2. The molecule has 59 heavy (non-hydrogen) atoms. The van der Waals surface area contributed by atoms with E-state index in [1.165, 1.54) is 52.8 Å². The van der Waals surface area contributed by atoms with Crippen LogP contribution in [0.2, 0.25) is 0 Å². The van der Waals surface area contributed by atoms with Gasteiger partial charge in [-0.3, -0.25) is 0 Å². The van der Waals surface area contributed by atoms with Crippen molar-refractivity contribution in [2.24, 2.45) is 0 Å². The maximum Gasteiger partial charge on any atom is 1.00 e. The van der Waals surface area contributed by atoms with Crippen molar-refractivity contribution in [3.05, 3.63) is 156 Å². The molecule has 0 fully saturated rings. The molecule has 2 aliphatic heterocycles. The zero-order chi connectivity index (χ0) is 41.2. The monoisotopic (exact) mass is 857 g/mol. The van der Waals surface area contributed by atoms with Crippen LogP contribution >= 0.6 is 12.0 Å². The van der Waals surface area contributed by atoms with E-state index in [1.54, 1.807) is 0 Å². The summed E-state index contributed by atoms with van der Waals surface area (Å²) in [5.41, 5.74) is 11.4. The summed E-state index contributed by atoms with van der Waals surface area (Å²) < 4.78 is 41.3. The first kappa shape index (κ1) is 47.1. The van der Waals surface area contributed by atoms with E-state index in [0.717, 1.165) is 47.7 Å². The van der Waals surface area contributed by atoms with Gasteiger partial charge in [0.2, 0.25) is 5.69 Å². The Morgan fingerprint density at radius 1 is 0.729 bits per heavy atom. The quantitative estimate of drug-likeness (QED) is 0.0137. The Balaban J connectivity index is 0.00000661. The first-order valence-corrected chi connectivity index (χ1v) is 22.4. The summed E-state index contributed by atoms with van der Waals surface area (Å²) in [7, 11) is -2.84. The molecule has 6 rings (SSSR count). The number of benzene rings is 4. The van der Waals surface area contributed by atoms with Crippen molar-refractivity contribution in [2.45, 2.75) is 64.2 Å². The second-order valence-electron chi connectivity index (χ2n) is 15.6. The number of hydrogen-bond donors (Lipinski definition) is 0. The van der Waals surface area contributed by atoms with Crippen molar-refractivity contribution in [3.8, 4) is 22.3 Å². The van der Waals surface area contributed by atoms with Crippen LogP contribution in [0.15, 0.2) is 145 Å². The molecular formula is C48H54KN2O6S2+. The van der Waals surface area contributed by atoms with Crippen LogP contribution in [0.5, 0.6) is 0 Å². The van der Waals surface area contributed by atoms with Crippen LogP contribution in [0.4, 0.5) is 11.4 Å². The van der Waals surface area contributed by atoms with E-state index in [1.807, 2.05) is 36.4 Å². The van der Waals surface area contributed by atoms with Crippen molar-refractivity contribution < 1.29 is 83.2 Å². The fraction of sp³-hybridized carbons (Fsp3) is 0.312. The summed E-state index contributed by atoms with van der Waals surface area (Å²) >= 11 is 1.24. The molecule has 0 atom stereocenters. The molecule has 0 aliphatic carbocycles. The van der Waals surface area contributed by atoms with Crippen LogP contribution in [-0.2, 0) is 35.2 Å². The minimum atomic E-state index is -4.26. The SMILES string of the molecule is COOOSCCCCN1/C(=C/C=C/C=C/C=C/C2=[N+](CCCCS(=O)(=O)[O-])c3cc(-c4ccccc4)ccc3C2(C)C)C(C)(C)c2ccc(-c3ccccc3)cc21.[K+]. The third-order valence-corrected chi connectivity index (χ3v) is 12.4. The predicted molar refractivity (Wildman–Crippen MR) is 237 cm³/mol. The zero-order valence-corrected chi connectivity index (χ0v) is 39.9. The average Bonchev–Trinajstić information content (AvgIpc) is 3.56. The van der Waals surface area contributed by atoms with Gasteiger partial charge in [0.05, 0.1) is 22.6 Å². The molecule has 0 bridgehead atoms. The van der Waals surface area contributed by atoms with Crippen LogP contribution < -0.4 is 56.3 Å². The van der Waals surface area contributed by atoms with Gasteiger partial charge < -0.3 is 9.45 Å². The zero-order valence-electron chi connectivity index (χ0n) is 35.1. The Morgan fingerprint density at radius 3 is 2.02 bits per heavy atom. The fourth-order valence-electron chi connectivity index (χ4n) is 8.02. The molecule has 0 spiro atoms. The Bertz CT molecular complexity index is 2300. The first-order chi connectivity index (χ1) is 27.9. The largest absolute Gasteiger partial charge is 1.00 e. The van der Waals surface area contributed by atoms with Gasteiger partial charge in [-0.05, 0) is 73.1 Å². The Hall–Kier alpha value is -2.91. The number of fused-ring (bicyclic) bond motifs is 2. The minimum Gasteiger partial charge on any atom is -0.748 e. The predicted octanol–water partition coefficient (Wildman–Crippen LogP) is 8.01. The molecule has 0 N–H and O–H groups in total. The van der Waals surface area contributed by atoms with E-state index in [-0.39, 0.29) is 68.0 Å². The van der Waals surface area contributed by atoms with Crippen molar-refractivity contribution in [1.82, 2.24) is 0 Å². The standard InChI is InChI=1S/C48H54N2O6S2.K/c1-47(2)41-29-27-39(37-21-11-9-12-22-37)35-43(41)49(31-17-19-33-57-56-55-54-5)45(47)25-15-7-6-8-16-26-46-48(3,4)42-30-28-40(38-23-13-10-14-24-38)36-44(42)50(46)32-18-20-34-58(51,52)53;/h6-16,21-30,35-36H,17-20,31-34H2,1-5H3;/q;+1. The number of unbranched alkanes of at least 4 members (excludes halogenated alkanes) is 2. The van der Waals surface area contributed by atoms with Crippen LogP contribution in [0, 0.1) is 0 Å². The average molecular weight is 858 g/mol. The van der Waals surface area contributed by atoms with Crippen LogP contribution in [-0.4, -0.2) is 55.0 Å². The molecule has 304 valence electrons. The molecule has 0 unspecified atom stereocenters. The number of anilines is 1. The van der Waals surface area contributed by atoms with Gasteiger partial charge in [-0.25, -0.2) is 13.3 Å². The molecule has 0 radical (unpaired) electrons. The second kappa shape index (κ2) is 21.7. The van der Waals surface area contributed by atoms with E-state index in [4.69, 9.17) is 4.33 Å². The van der Waals surface area contributed by atoms with Crippen LogP contribution in [0.1, 0.15) is 64.5 Å². The molecule has 11 heteroatoms. The number of allylic oxidation sites excluding steroid dienone is 8. The number of rotatable bonds is 19. The van der Waals surface area contributed by atoms with E-state index < -0.39 is 10.1 Å². The third kappa shape index (κ3) is 11.9. The fourth-order valence-corrected chi connectivity index (χ4v) is 9.07. The summed E-state index contributed by atoms with van der Waals surface area (Å²) in [4.78, 5) is 6.98.